The molecule has 7 nitrogen and oxygen atoms in total. The summed E-state index contributed by atoms with van der Waals surface area (Å²) in [6, 6.07) is 6.40. The van der Waals surface area contributed by atoms with Crippen LogP contribution in [0.25, 0.3) is 11.2 Å². The topological polar surface area (TPSA) is 65.1 Å². The maximum atomic E-state index is 13.3. The number of fused-ring (bicyclic) bond motifs is 3. The lowest BCUT2D eigenvalue weighted by molar-refractivity contribution is 0.458. The Morgan fingerprint density at radius 3 is 2.45 bits per heavy atom. The molecule has 3 aromatic rings. The molecule has 1 aliphatic heterocycles. The Bertz CT molecular complexity index is 1240. The number of aryl methyl sites for hydroxylation is 3. The first-order chi connectivity index (χ1) is 13.7. The van der Waals surface area contributed by atoms with E-state index in [1.807, 2.05) is 11.5 Å². The van der Waals surface area contributed by atoms with Crippen molar-refractivity contribution in [2.45, 2.75) is 40.8 Å². The van der Waals surface area contributed by atoms with Gasteiger partial charge < -0.3 is 9.47 Å². The Kier molecular flexibility index (Phi) is 4.48. The van der Waals surface area contributed by atoms with Crippen LogP contribution in [0.5, 0.6) is 0 Å². The molecule has 0 N–H and O–H groups in total. The second kappa shape index (κ2) is 6.76. The van der Waals surface area contributed by atoms with E-state index in [0.717, 1.165) is 17.8 Å². The first-order valence-electron chi connectivity index (χ1n) is 9.87. The third-order valence-corrected chi connectivity index (χ3v) is 5.39. The van der Waals surface area contributed by atoms with Crippen LogP contribution in [0.3, 0.4) is 0 Å². The summed E-state index contributed by atoms with van der Waals surface area (Å²) in [6.45, 7) is 13.7. The molecule has 1 aromatic carbocycles. The summed E-state index contributed by atoms with van der Waals surface area (Å²) in [5.74, 6) is 1.04. The van der Waals surface area contributed by atoms with Gasteiger partial charge in [-0.3, -0.25) is 13.9 Å². The zero-order chi connectivity index (χ0) is 21.0. The van der Waals surface area contributed by atoms with Gasteiger partial charge in [0.2, 0.25) is 5.95 Å². The summed E-state index contributed by atoms with van der Waals surface area (Å²) < 4.78 is 4.69. The average molecular weight is 393 g/mol. The average Bonchev–Trinajstić information content (AvgIpc) is 3.01. The lowest BCUT2D eigenvalue weighted by Gasteiger charge is -2.33. The number of anilines is 2. The monoisotopic (exact) mass is 393 g/mol. The number of aromatic nitrogens is 4. The summed E-state index contributed by atoms with van der Waals surface area (Å²) in [7, 11) is 1.67. The zero-order valence-electron chi connectivity index (χ0n) is 17.7. The van der Waals surface area contributed by atoms with Gasteiger partial charge in [0, 0.05) is 25.8 Å². The van der Waals surface area contributed by atoms with Crippen molar-refractivity contribution in [1.82, 2.24) is 18.7 Å². The van der Waals surface area contributed by atoms with E-state index in [2.05, 4.69) is 50.4 Å². The van der Waals surface area contributed by atoms with Crippen molar-refractivity contribution in [2.24, 2.45) is 13.0 Å². The molecule has 0 bridgehead atoms. The molecule has 1 atom stereocenters. The summed E-state index contributed by atoms with van der Waals surface area (Å²) >= 11 is 0. The molecule has 0 spiro atoms. The molecule has 0 fully saturated rings. The number of allylic oxidation sites excluding steroid dienone is 1. The van der Waals surface area contributed by atoms with E-state index in [4.69, 9.17) is 4.98 Å². The maximum Gasteiger partial charge on any atom is 0.332 e. The molecular weight excluding hydrogens is 366 g/mol. The fourth-order valence-electron chi connectivity index (χ4n) is 4.24. The van der Waals surface area contributed by atoms with E-state index >= 15 is 0 Å². The van der Waals surface area contributed by atoms with Crippen molar-refractivity contribution in [3.8, 4) is 0 Å². The first kappa shape index (κ1) is 19.2. The van der Waals surface area contributed by atoms with Gasteiger partial charge in [0.1, 0.15) is 0 Å². The number of nitrogens with zero attached hydrogens (tertiary/aromatic N) is 5. The fourth-order valence-corrected chi connectivity index (χ4v) is 4.24. The summed E-state index contributed by atoms with van der Waals surface area (Å²) in [5.41, 5.74) is 4.39. The van der Waals surface area contributed by atoms with Gasteiger partial charge >= 0.3 is 5.69 Å². The standard InChI is InChI=1S/C22H27N5O2/c1-13(2)10-27-20(28)18-19(24(6)22(27)29)23-21-25(11-16(5)12-26(18)21)17-8-14(3)7-15(4)9-17/h7-9,16H,1,10-12H2,2-6H3. The Morgan fingerprint density at radius 2 is 1.83 bits per heavy atom. The molecule has 2 aromatic heterocycles. The molecule has 29 heavy (non-hydrogen) atoms. The van der Waals surface area contributed by atoms with E-state index in [-0.39, 0.29) is 17.8 Å². The minimum Gasteiger partial charge on any atom is -0.312 e. The van der Waals surface area contributed by atoms with E-state index in [1.54, 1.807) is 7.05 Å². The van der Waals surface area contributed by atoms with Crippen molar-refractivity contribution < 1.29 is 0 Å². The normalized spacial score (nSPS) is 16.3. The predicted octanol–water partition coefficient (Wildman–Crippen LogP) is 2.88. The molecule has 1 aliphatic rings. The molecule has 0 saturated carbocycles. The van der Waals surface area contributed by atoms with Crippen molar-refractivity contribution >= 4 is 22.8 Å². The number of rotatable bonds is 3. The molecule has 0 aliphatic carbocycles. The quantitative estimate of drug-likeness (QED) is 0.642. The molecule has 4 rings (SSSR count). The van der Waals surface area contributed by atoms with Crippen LogP contribution in [-0.4, -0.2) is 25.2 Å². The van der Waals surface area contributed by atoms with Gasteiger partial charge in [0.15, 0.2) is 11.2 Å². The summed E-state index contributed by atoms with van der Waals surface area (Å²) in [4.78, 5) is 33.0. The predicted molar refractivity (Wildman–Crippen MR) is 116 cm³/mol. The molecule has 3 heterocycles. The van der Waals surface area contributed by atoms with Gasteiger partial charge in [-0.15, -0.1) is 0 Å². The third-order valence-electron chi connectivity index (χ3n) is 5.39. The number of hydrogen-bond donors (Lipinski definition) is 0. The highest BCUT2D eigenvalue weighted by Gasteiger charge is 2.30. The van der Waals surface area contributed by atoms with Gasteiger partial charge in [-0.2, -0.15) is 4.98 Å². The molecular formula is C22H27N5O2. The Labute approximate surface area is 169 Å². The Balaban J connectivity index is 2.02. The van der Waals surface area contributed by atoms with E-state index < -0.39 is 0 Å². The van der Waals surface area contributed by atoms with Gasteiger partial charge in [-0.05, 0) is 49.9 Å². The fraction of sp³-hybridized carbons (Fsp3) is 0.409. The third kappa shape index (κ3) is 3.10. The van der Waals surface area contributed by atoms with Crippen LogP contribution < -0.4 is 16.1 Å². The van der Waals surface area contributed by atoms with Crippen LogP contribution in [-0.2, 0) is 20.1 Å². The van der Waals surface area contributed by atoms with E-state index in [9.17, 15) is 9.59 Å². The Hall–Kier alpha value is -3.09. The molecule has 7 heteroatoms. The highest BCUT2D eigenvalue weighted by Crippen LogP contribution is 2.33. The SMILES string of the molecule is C=C(C)Cn1c(=O)c2c(nc3n2CC(C)CN3c2cc(C)cc(C)c2)n(C)c1=O. The van der Waals surface area contributed by atoms with Gasteiger partial charge in [0.05, 0.1) is 6.54 Å². The highest BCUT2D eigenvalue weighted by atomic mass is 16.2. The zero-order valence-corrected chi connectivity index (χ0v) is 17.7. The molecule has 0 amide bonds. The molecule has 0 radical (unpaired) electrons. The largest absolute Gasteiger partial charge is 0.332 e. The summed E-state index contributed by atoms with van der Waals surface area (Å²) in [6.07, 6.45) is 0. The van der Waals surface area contributed by atoms with Crippen molar-refractivity contribution in [3.63, 3.8) is 0 Å². The van der Waals surface area contributed by atoms with Crippen LogP contribution in [0.4, 0.5) is 11.6 Å². The van der Waals surface area contributed by atoms with Crippen LogP contribution in [0.2, 0.25) is 0 Å². The second-order valence-electron chi connectivity index (χ2n) is 8.45. The maximum absolute atomic E-state index is 13.3. The van der Waals surface area contributed by atoms with Gasteiger partial charge in [0.25, 0.3) is 5.56 Å². The van der Waals surface area contributed by atoms with Crippen molar-refractivity contribution in [3.05, 3.63) is 62.3 Å². The van der Waals surface area contributed by atoms with E-state index in [1.165, 1.54) is 20.3 Å². The van der Waals surface area contributed by atoms with Crippen molar-refractivity contribution in [1.29, 1.82) is 0 Å². The number of hydrogen-bond acceptors (Lipinski definition) is 4. The lowest BCUT2D eigenvalue weighted by Crippen LogP contribution is -2.40. The minimum absolute atomic E-state index is 0.207. The van der Waals surface area contributed by atoms with E-state index in [0.29, 0.717) is 29.6 Å². The van der Waals surface area contributed by atoms with Gasteiger partial charge in [-0.1, -0.05) is 25.1 Å². The van der Waals surface area contributed by atoms with Crippen molar-refractivity contribution in [2.75, 3.05) is 11.4 Å². The summed E-state index contributed by atoms with van der Waals surface area (Å²) in [5, 5.41) is 0. The van der Waals surface area contributed by atoms with Crippen LogP contribution >= 0.6 is 0 Å². The van der Waals surface area contributed by atoms with Crippen LogP contribution in [0.15, 0.2) is 39.9 Å². The molecule has 1 unspecified atom stereocenters. The van der Waals surface area contributed by atoms with Crippen LogP contribution in [0, 0.1) is 19.8 Å². The smallest absolute Gasteiger partial charge is 0.312 e. The lowest BCUT2D eigenvalue weighted by atomic mass is 10.1. The van der Waals surface area contributed by atoms with Crippen LogP contribution in [0.1, 0.15) is 25.0 Å². The number of imidazole rings is 1. The number of benzene rings is 1. The minimum atomic E-state index is -0.369. The second-order valence-corrected chi connectivity index (χ2v) is 8.45. The highest BCUT2D eigenvalue weighted by molar-refractivity contribution is 5.77. The molecule has 0 saturated heterocycles. The van der Waals surface area contributed by atoms with Gasteiger partial charge in [-0.25, -0.2) is 4.79 Å². The Morgan fingerprint density at radius 1 is 1.17 bits per heavy atom. The first-order valence-corrected chi connectivity index (χ1v) is 9.87. The molecule has 152 valence electrons.